The van der Waals surface area contributed by atoms with Gasteiger partial charge < -0.3 is 0 Å². The topological polar surface area (TPSA) is 79.3 Å². The van der Waals surface area contributed by atoms with Gasteiger partial charge in [0, 0.05) is 29.6 Å². The molecule has 1 amide bonds. The van der Waals surface area contributed by atoms with Crippen LogP contribution in [0.1, 0.15) is 21.5 Å². The maximum absolute atomic E-state index is 14.0. The van der Waals surface area contributed by atoms with Crippen LogP contribution in [-0.2, 0) is 4.79 Å². The first-order valence-electron chi connectivity index (χ1n) is 6.64. The number of hydrogen-bond donors (Lipinski definition) is 2. The number of amides is 1. The summed E-state index contributed by atoms with van der Waals surface area (Å²) in [6.45, 7) is 0. The van der Waals surface area contributed by atoms with Crippen molar-refractivity contribution in [2.75, 3.05) is 0 Å². The fraction of sp³-hybridized carbons (Fsp3) is 0. The maximum atomic E-state index is 14.0. The molecule has 0 aliphatic rings. The largest absolute Gasteiger partial charge is 0.289 e. The second-order valence-corrected chi connectivity index (χ2v) is 4.53. The second-order valence-electron chi connectivity index (χ2n) is 4.53. The Hall–Kier alpha value is -3.12. The van der Waals surface area contributed by atoms with E-state index >= 15 is 0 Å². The minimum absolute atomic E-state index is 0.242. The van der Waals surface area contributed by atoms with Crippen molar-refractivity contribution in [1.29, 1.82) is 0 Å². The first-order chi connectivity index (χ1) is 11.1. The Bertz CT molecular complexity index is 771. The van der Waals surface area contributed by atoms with Gasteiger partial charge in [-0.25, -0.2) is 9.87 Å². The molecule has 0 unspecified atom stereocenters. The van der Waals surface area contributed by atoms with Crippen molar-refractivity contribution in [3.05, 3.63) is 77.4 Å². The molecule has 23 heavy (non-hydrogen) atoms. The number of pyridine rings is 1. The third-order valence-electron chi connectivity index (χ3n) is 2.92. The zero-order valence-corrected chi connectivity index (χ0v) is 11.9. The maximum Gasteiger partial charge on any atom is 0.267 e. The first kappa shape index (κ1) is 16.3. The number of nitrogens with one attached hydrogen (secondary N) is 1. The zero-order chi connectivity index (χ0) is 16.7. The van der Waals surface area contributed by atoms with Gasteiger partial charge >= 0.3 is 0 Å². The highest BCUT2D eigenvalue weighted by atomic mass is 19.1. The first-order valence-corrected chi connectivity index (χ1v) is 6.64. The van der Waals surface area contributed by atoms with Crippen LogP contribution in [0.15, 0.2) is 54.9 Å². The van der Waals surface area contributed by atoms with E-state index in [1.165, 1.54) is 42.0 Å². The lowest BCUT2D eigenvalue weighted by Gasteiger charge is -1.99. The number of benzene rings is 1. The summed E-state index contributed by atoms with van der Waals surface area (Å²) in [5.41, 5.74) is 2.54. The summed E-state index contributed by atoms with van der Waals surface area (Å²) in [4.78, 5) is 26.6. The lowest BCUT2D eigenvalue weighted by Crippen LogP contribution is -2.14. The molecule has 0 saturated carbocycles. The standard InChI is InChI=1S/C17H13FN2O3/c18-15-10-12(4-8-17(22)20-23)3-5-13(15)6-7-16(21)14-2-1-9-19-11-14/h1-11,23H,(H,20,22)/b7-6+,8-4+. The number of allylic oxidation sites excluding steroid dienone is 1. The van der Waals surface area contributed by atoms with Crippen LogP contribution < -0.4 is 5.48 Å². The van der Waals surface area contributed by atoms with Gasteiger partial charge in [-0.3, -0.25) is 19.8 Å². The van der Waals surface area contributed by atoms with Crippen molar-refractivity contribution in [2.24, 2.45) is 0 Å². The number of ketones is 1. The summed E-state index contributed by atoms with van der Waals surface area (Å²) in [7, 11) is 0. The molecule has 0 radical (unpaired) electrons. The van der Waals surface area contributed by atoms with Gasteiger partial charge in [-0.2, -0.15) is 0 Å². The van der Waals surface area contributed by atoms with Gasteiger partial charge in [-0.15, -0.1) is 0 Å². The number of halogens is 1. The molecule has 0 bridgehead atoms. The van der Waals surface area contributed by atoms with E-state index < -0.39 is 11.7 Å². The van der Waals surface area contributed by atoms with Crippen molar-refractivity contribution < 1.29 is 19.2 Å². The van der Waals surface area contributed by atoms with Crippen LogP contribution in [0.3, 0.4) is 0 Å². The zero-order valence-electron chi connectivity index (χ0n) is 11.9. The molecule has 1 aromatic carbocycles. The average molecular weight is 312 g/mol. The molecular formula is C17H13FN2O3. The van der Waals surface area contributed by atoms with Crippen molar-refractivity contribution in [3.8, 4) is 0 Å². The molecule has 1 aromatic heterocycles. The van der Waals surface area contributed by atoms with E-state index in [2.05, 4.69) is 4.98 Å². The van der Waals surface area contributed by atoms with Gasteiger partial charge in [0.2, 0.25) is 0 Å². The fourth-order valence-corrected chi connectivity index (χ4v) is 1.76. The summed E-state index contributed by atoms with van der Waals surface area (Å²) < 4.78 is 14.0. The van der Waals surface area contributed by atoms with Crippen LogP contribution in [0, 0.1) is 5.82 Å². The minimum Gasteiger partial charge on any atom is -0.289 e. The lowest BCUT2D eigenvalue weighted by molar-refractivity contribution is -0.124. The van der Waals surface area contributed by atoms with E-state index in [4.69, 9.17) is 5.21 Å². The highest BCUT2D eigenvalue weighted by Crippen LogP contribution is 2.14. The third-order valence-corrected chi connectivity index (χ3v) is 2.92. The predicted molar refractivity (Wildman–Crippen MR) is 83.0 cm³/mol. The molecule has 0 saturated heterocycles. The van der Waals surface area contributed by atoms with Gasteiger partial charge in [0.15, 0.2) is 5.78 Å². The van der Waals surface area contributed by atoms with Crippen LogP contribution in [0.4, 0.5) is 4.39 Å². The summed E-state index contributed by atoms with van der Waals surface area (Å²) in [6.07, 6.45) is 8.05. The molecule has 0 aliphatic carbocycles. The molecule has 6 heteroatoms. The molecule has 0 fully saturated rings. The van der Waals surface area contributed by atoms with E-state index in [1.54, 1.807) is 24.4 Å². The molecule has 116 valence electrons. The Morgan fingerprint density at radius 2 is 2.00 bits per heavy atom. The highest BCUT2D eigenvalue weighted by Gasteiger charge is 2.03. The fourth-order valence-electron chi connectivity index (χ4n) is 1.76. The average Bonchev–Trinajstić information content (AvgIpc) is 2.59. The number of hydroxylamine groups is 1. The lowest BCUT2D eigenvalue weighted by atomic mass is 10.1. The van der Waals surface area contributed by atoms with Crippen LogP contribution in [-0.4, -0.2) is 21.9 Å². The smallest absolute Gasteiger partial charge is 0.267 e. The van der Waals surface area contributed by atoms with Crippen LogP contribution in [0.25, 0.3) is 12.2 Å². The number of carbonyl (C=O) groups excluding carboxylic acids is 2. The van der Waals surface area contributed by atoms with E-state index in [9.17, 15) is 14.0 Å². The Morgan fingerprint density at radius 3 is 2.65 bits per heavy atom. The summed E-state index contributed by atoms with van der Waals surface area (Å²) in [6, 6.07) is 7.55. The molecule has 1 heterocycles. The molecule has 0 atom stereocenters. The van der Waals surface area contributed by atoms with Gasteiger partial charge in [-0.05, 0) is 42.0 Å². The van der Waals surface area contributed by atoms with Gasteiger partial charge in [-0.1, -0.05) is 12.1 Å². The third kappa shape index (κ3) is 4.69. The predicted octanol–water partition coefficient (Wildman–Crippen LogP) is 2.64. The monoisotopic (exact) mass is 312 g/mol. The number of carbonyl (C=O) groups is 2. The van der Waals surface area contributed by atoms with Crippen molar-refractivity contribution in [1.82, 2.24) is 10.5 Å². The normalized spacial score (nSPS) is 11.0. The van der Waals surface area contributed by atoms with E-state index in [1.807, 2.05) is 0 Å². The quantitative estimate of drug-likeness (QED) is 0.385. The molecule has 2 N–H and O–H groups in total. The molecule has 2 rings (SSSR count). The second kappa shape index (κ2) is 7.77. The summed E-state index contributed by atoms with van der Waals surface area (Å²) >= 11 is 0. The molecule has 0 spiro atoms. The highest BCUT2D eigenvalue weighted by molar-refractivity contribution is 6.06. The van der Waals surface area contributed by atoms with Gasteiger partial charge in [0.25, 0.3) is 5.91 Å². The van der Waals surface area contributed by atoms with E-state index in [0.717, 1.165) is 6.08 Å². The summed E-state index contributed by atoms with van der Waals surface area (Å²) in [5, 5.41) is 8.36. The van der Waals surface area contributed by atoms with Crippen molar-refractivity contribution in [2.45, 2.75) is 0 Å². The Kier molecular flexibility index (Phi) is 5.49. The minimum atomic E-state index is -0.712. The molecule has 5 nitrogen and oxygen atoms in total. The molecule has 0 aliphatic heterocycles. The SMILES string of the molecule is O=C(/C=C/c1ccc(/C=C/C(=O)c2cccnc2)c(F)c1)NO. The molecule has 2 aromatic rings. The van der Waals surface area contributed by atoms with Gasteiger partial charge in [0.1, 0.15) is 5.82 Å². The number of hydrogen-bond acceptors (Lipinski definition) is 4. The van der Waals surface area contributed by atoms with Crippen molar-refractivity contribution >= 4 is 23.8 Å². The number of aromatic nitrogens is 1. The van der Waals surface area contributed by atoms with Crippen LogP contribution >= 0.6 is 0 Å². The van der Waals surface area contributed by atoms with Gasteiger partial charge in [0.05, 0.1) is 0 Å². The van der Waals surface area contributed by atoms with Crippen molar-refractivity contribution in [3.63, 3.8) is 0 Å². The Morgan fingerprint density at radius 1 is 1.17 bits per heavy atom. The number of rotatable bonds is 5. The summed E-state index contributed by atoms with van der Waals surface area (Å²) in [5.74, 6) is -1.52. The van der Waals surface area contributed by atoms with E-state index in [-0.39, 0.29) is 11.3 Å². The van der Waals surface area contributed by atoms with Crippen LogP contribution in [0.2, 0.25) is 0 Å². The molecular weight excluding hydrogens is 299 g/mol. The Balaban J connectivity index is 2.12. The van der Waals surface area contributed by atoms with E-state index in [0.29, 0.717) is 11.1 Å². The number of nitrogens with zero attached hydrogens (tertiary/aromatic N) is 1. The van der Waals surface area contributed by atoms with Crippen LogP contribution in [0.5, 0.6) is 0 Å². The Labute approximate surface area is 131 Å².